The third-order valence-electron chi connectivity index (χ3n) is 5.17. The second kappa shape index (κ2) is 10.2. The van der Waals surface area contributed by atoms with Gasteiger partial charge < -0.3 is 20.5 Å². The lowest BCUT2D eigenvalue weighted by atomic mass is 9.85. The van der Waals surface area contributed by atoms with Crippen molar-refractivity contribution in [1.29, 1.82) is 0 Å². The summed E-state index contributed by atoms with van der Waals surface area (Å²) in [5.41, 5.74) is 1.17. The molecule has 140 valence electrons. The highest BCUT2D eigenvalue weighted by Gasteiger charge is 2.24. The average Bonchev–Trinajstić information content (AvgIpc) is 2.65. The van der Waals surface area contributed by atoms with Gasteiger partial charge in [0.25, 0.3) is 0 Å². The molecule has 0 radical (unpaired) electrons. The molecule has 25 heavy (non-hydrogen) atoms. The number of fused-ring (bicyclic) bond motifs is 1. The van der Waals surface area contributed by atoms with Crippen molar-refractivity contribution in [2.75, 3.05) is 20.2 Å². The molecule has 6 heteroatoms. The van der Waals surface area contributed by atoms with Gasteiger partial charge in [-0.1, -0.05) is 37.5 Å². The lowest BCUT2D eigenvalue weighted by Gasteiger charge is -2.30. The Bertz CT molecular complexity index is 561. The van der Waals surface area contributed by atoms with Crippen molar-refractivity contribution in [3.8, 4) is 5.75 Å². The molecule has 1 aliphatic heterocycles. The first-order valence-electron chi connectivity index (χ1n) is 9.15. The van der Waals surface area contributed by atoms with Crippen LogP contribution in [0.15, 0.2) is 29.3 Å². The fourth-order valence-corrected chi connectivity index (χ4v) is 3.74. The standard InChI is InChI=1S/C19H29N3O2.HI/c1-20-19(21-13-17(23)14-7-3-2-4-8-14)22-16-11-12-24-18-10-6-5-9-15(16)18;/h5-6,9-10,14,16-17,23H,2-4,7-8,11-13H2,1H3,(H2,20,21,22);1H. The first kappa shape index (κ1) is 20.3. The van der Waals surface area contributed by atoms with E-state index in [1.165, 1.54) is 24.8 Å². The Morgan fingerprint density at radius 3 is 2.76 bits per heavy atom. The summed E-state index contributed by atoms with van der Waals surface area (Å²) < 4.78 is 5.71. The second-order valence-corrected chi connectivity index (χ2v) is 6.79. The maximum Gasteiger partial charge on any atom is 0.191 e. The molecule has 1 heterocycles. The number of hydrogen-bond donors (Lipinski definition) is 3. The van der Waals surface area contributed by atoms with Crippen LogP contribution in [0, 0.1) is 5.92 Å². The van der Waals surface area contributed by atoms with Crippen LogP contribution >= 0.6 is 24.0 Å². The molecule has 0 amide bonds. The number of rotatable bonds is 4. The van der Waals surface area contributed by atoms with Gasteiger partial charge in [0, 0.05) is 25.6 Å². The zero-order valence-corrected chi connectivity index (χ0v) is 17.2. The van der Waals surface area contributed by atoms with E-state index in [-0.39, 0.29) is 36.1 Å². The summed E-state index contributed by atoms with van der Waals surface area (Å²) in [5, 5.41) is 17.2. The minimum absolute atomic E-state index is 0. The first-order valence-corrected chi connectivity index (χ1v) is 9.15. The highest BCUT2D eigenvalue weighted by Crippen LogP contribution is 2.31. The van der Waals surface area contributed by atoms with Crippen molar-refractivity contribution in [2.45, 2.75) is 50.7 Å². The Kier molecular flexibility index (Phi) is 8.29. The summed E-state index contributed by atoms with van der Waals surface area (Å²) in [6.45, 7) is 1.26. The van der Waals surface area contributed by atoms with Crippen LogP contribution in [0.1, 0.15) is 50.1 Å². The Balaban J connectivity index is 0.00000225. The maximum absolute atomic E-state index is 10.4. The minimum atomic E-state index is -0.300. The topological polar surface area (TPSA) is 65.9 Å². The molecule has 1 fully saturated rings. The van der Waals surface area contributed by atoms with Crippen LogP contribution in [-0.4, -0.2) is 37.4 Å². The van der Waals surface area contributed by atoms with Crippen molar-refractivity contribution in [1.82, 2.24) is 10.6 Å². The van der Waals surface area contributed by atoms with E-state index < -0.39 is 0 Å². The summed E-state index contributed by atoms with van der Waals surface area (Å²) in [5.74, 6) is 2.11. The molecular formula is C19H30IN3O2. The van der Waals surface area contributed by atoms with Gasteiger partial charge >= 0.3 is 0 Å². The molecule has 0 saturated heterocycles. The number of ether oxygens (including phenoxy) is 1. The summed E-state index contributed by atoms with van der Waals surface area (Å²) in [7, 11) is 1.77. The molecule has 0 spiro atoms. The smallest absolute Gasteiger partial charge is 0.191 e. The van der Waals surface area contributed by atoms with Crippen LogP contribution < -0.4 is 15.4 Å². The van der Waals surface area contributed by atoms with E-state index in [2.05, 4.69) is 21.7 Å². The van der Waals surface area contributed by atoms with Crippen LogP contribution in [0.2, 0.25) is 0 Å². The Hall–Kier alpha value is -1.02. The Labute approximate surface area is 167 Å². The molecule has 3 N–H and O–H groups in total. The van der Waals surface area contributed by atoms with Gasteiger partial charge in [0.1, 0.15) is 5.75 Å². The van der Waals surface area contributed by atoms with Gasteiger partial charge in [-0.2, -0.15) is 0 Å². The maximum atomic E-state index is 10.4. The van der Waals surface area contributed by atoms with Crippen LogP contribution in [0.3, 0.4) is 0 Å². The van der Waals surface area contributed by atoms with Crippen LogP contribution in [0.25, 0.3) is 0 Å². The zero-order chi connectivity index (χ0) is 16.8. The third-order valence-corrected chi connectivity index (χ3v) is 5.17. The number of aliphatic imine (C=N–C) groups is 1. The lowest BCUT2D eigenvalue weighted by Crippen LogP contribution is -2.45. The van der Waals surface area contributed by atoms with Gasteiger partial charge in [-0.05, 0) is 24.8 Å². The largest absolute Gasteiger partial charge is 0.493 e. The molecule has 2 unspecified atom stereocenters. The molecule has 2 atom stereocenters. The van der Waals surface area contributed by atoms with Gasteiger partial charge in [-0.15, -0.1) is 24.0 Å². The average molecular weight is 459 g/mol. The fourth-order valence-electron chi connectivity index (χ4n) is 3.74. The van der Waals surface area contributed by atoms with Crippen molar-refractivity contribution in [3.63, 3.8) is 0 Å². The molecule has 3 rings (SSSR count). The second-order valence-electron chi connectivity index (χ2n) is 6.79. The minimum Gasteiger partial charge on any atom is -0.493 e. The van der Waals surface area contributed by atoms with Gasteiger partial charge in [-0.25, -0.2) is 0 Å². The first-order chi connectivity index (χ1) is 11.8. The number of halogens is 1. The highest BCUT2D eigenvalue weighted by molar-refractivity contribution is 14.0. The lowest BCUT2D eigenvalue weighted by molar-refractivity contribution is 0.0879. The number of benzene rings is 1. The number of para-hydroxylation sites is 1. The quantitative estimate of drug-likeness (QED) is 0.368. The van der Waals surface area contributed by atoms with E-state index in [0.29, 0.717) is 19.1 Å². The molecular weight excluding hydrogens is 429 g/mol. The SMILES string of the molecule is CN=C(NCC(O)C1CCCCC1)NC1CCOc2ccccc21.I. The van der Waals surface area contributed by atoms with Gasteiger partial charge in [0.15, 0.2) is 5.96 Å². The van der Waals surface area contributed by atoms with Crippen molar-refractivity contribution < 1.29 is 9.84 Å². The Morgan fingerprint density at radius 2 is 2.00 bits per heavy atom. The molecule has 0 aromatic heterocycles. The predicted molar refractivity (Wildman–Crippen MR) is 112 cm³/mol. The monoisotopic (exact) mass is 459 g/mol. The van der Waals surface area contributed by atoms with Crippen molar-refractivity contribution >= 4 is 29.9 Å². The van der Waals surface area contributed by atoms with E-state index >= 15 is 0 Å². The van der Waals surface area contributed by atoms with Crippen molar-refractivity contribution in [3.05, 3.63) is 29.8 Å². The number of guanidine groups is 1. The number of nitrogens with zero attached hydrogens (tertiary/aromatic N) is 1. The fraction of sp³-hybridized carbons (Fsp3) is 0.632. The van der Waals surface area contributed by atoms with Crippen LogP contribution in [-0.2, 0) is 0 Å². The highest BCUT2D eigenvalue weighted by atomic mass is 127. The van der Waals surface area contributed by atoms with Crippen molar-refractivity contribution in [2.24, 2.45) is 10.9 Å². The van der Waals surface area contributed by atoms with E-state index in [9.17, 15) is 5.11 Å². The van der Waals surface area contributed by atoms with E-state index in [4.69, 9.17) is 4.74 Å². The summed E-state index contributed by atoms with van der Waals surface area (Å²) in [4.78, 5) is 4.31. The molecule has 1 aromatic rings. The molecule has 5 nitrogen and oxygen atoms in total. The molecule has 1 aliphatic carbocycles. The third kappa shape index (κ3) is 5.48. The zero-order valence-electron chi connectivity index (χ0n) is 14.9. The molecule has 0 bridgehead atoms. The van der Waals surface area contributed by atoms with E-state index in [0.717, 1.165) is 31.0 Å². The normalized spacial score (nSPS) is 22.2. The predicted octanol–water partition coefficient (Wildman–Crippen LogP) is 3.23. The molecule has 2 aliphatic rings. The van der Waals surface area contributed by atoms with E-state index in [1.54, 1.807) is 7.05 Å². The Morgan fingerprint density at radius 1 is 1.24 bits per heavy atom. The summed E-state index contributed by atoms with van der Waals surface area (Å²) in [6, 6.07) is 8.32. The summed E-state index contributed by atoms with van der Waals surface area (Å²) in [6.07, 6.45) is 6.68. The van der Waals surface area contributed by atoms with Crippen LogP contribution in [0.4, 0.5) is 0 Å². The van der Waals surface area contributed by atoms with E-state index in [1.807, 2.05) is 18.2 Å². The number of aliphatic hydroxyl groups is 1. The van der Waals surface area contributed by atoms with Crippen LogP contribution in [0.5, 0.6) is 5.75 Å². The van der Waals surface area contributed by atoms with Gasteiger partial charge in [0.05, 0.1) is 18.8 Å². The molecule has 1 aromatic carbocycles. The summed E-state index contributed by atoms with van der Waals surface area (Å²) >= 11 is 0. The number of nitrogens with one attached hydrogen (secondary N) is 2. The number of aliphatic hydroxyl groups excluding tert-OH is 1. The van der Waals surface area contributed by atoms with Gasteiger partial charge in [-0.3, -0.25) is 4.99 Å². The van der Waals surface area contributed by atoms with Gasteiger partial charge in [0.2, 0.25) is 0 Å². The number of hydrogen-bond acceptors (Lipinski definition) is 3. The molecule has 1 saturated carbocycles.